The summed E-state index contributed by atoms with van der Waals surface area (Å²) in [6.07, 6.45) is 1.41. The molecule has 210 valence electrons. The third kappa shape index (κ3) is 5.95. The first-order valence-corrected chi connectivity index (χ1v) is 14.0. The van der Waals surface area contributed by atoms with Gasteiger partial charge in [-0.05, 0) is 68.5 Å². The van der Waals surface area contributed by atoms with Crippen LogP contribution in [0.1, 0.15) is 34.0 Å². The molecule has 0 aliphatic rings. The molecule has 0 saturated carbocycles. The highest BCUT2D eigenvalue weighted by Crippen LogP contribution is 2.37. The number of benzene rings is 5. The normalized spacial score (nSPS) is 11.4. The number of esters is 1. The maximum absolute atomic E-state index is 13.3. The van der Waals surface area contributed by atoms with Crippen LogP contribution in [0.15, 0.2) is 125 Å². The second-order valence-corrected chi connectivity index (χ2v) is 10.2. The van der Waals surface area contributed by atoms with Crippen LogP contribution in [0.4, 0.5) is 0 Å². The molecule has 0 heterocycles. The van der Waals surface area contributed by atoms with Gasteiger partial charge in [0.25, 0.3) is 5.91 Å². The zero-order valence-electron chi connectivity index (χ0n) is 22.7. The van der Waals surface area contributed by atoms with Crippen LogP contribution < -0.4 is 14.9 Å². The lowest BCUT2D eigenvalue weighted by Crippen LogP contribution is -2.43. The van der Waals surface area contributed by atoms with Crippen LogP contribution in [0.25, 0.3) is 10.8 Å². The molecule has 5 rings (SSSR count). The second kappa shape index (κ2) is 12.8. The van der Waals surface area contributed by atoms with Crippen molar-refractivity contribution in [2.75, 3.05) is 6.61 Å². The van der Waals surface area contributed by atoms with Gasteiger partial charge in [-0.1, -0.05) is 97.1 Å². The SMILES string of the molecule is CCOc1cc(/C=N\NC(=O)C(O)(c2ccccc2)c2ccccc2)cc(Br)c1OC(=O)c1cccc2ccccc12. The molecular formula is C34H27BrN2O5. The van der Waals surface area contributed by atoms with E-state index in [1.54, 1.807) is 66.7 Å². The number of hydrazone groups is 1. The summed E-state index contributed by atoms with van der Waals surface area (Å²) in [4.78, 5) is 26.5. The average molecular weight is 624 g/mol. The minimum Gasteiger partial charge on any atom is -0.490 e. The first kappa shape index (κ1) is 28.7. The fraction of sp³-hybridized carbons (Fsp3) is 0.0882. The Labute approximate surface area is 251 Å². The third-order valence-corrected chi connectivity index (χ3v) is 7.22. The quantitative estimate of drug-likeness (QED) is 0.0835. The number of nitrogens with zero attached hydrogens (tertiary/aromatic N) is 1. The molecule has 2 N–H and O–H groups in total. The number of halogens is 1. The second-order valence-electron chi connectivity index (χ2n) is 9.32. The molecule has 0 aliphatic heterocycles. The van der Waals surface area contributed by atoms with E-state index in [4.69, 9.17) is 9.47 Å². The summed E-state index contributed by atoms with van der Waals surface area (Å²) in [7, 11) is 0. The molecule has 5 aromatic carbocycles. The van der Waals surface area contributed by atoms with Gasteiger partial charge in [-0.25, -0.2) is 10.2 Å². The monoisotopic (exact) mass is 622 g/mol. The summed E-state index contributed by atoms with van der Waals surface area (Å²) >= 11 is 3.49. The van der Waals surface area contributed by atoms with Gasteiger partial charge in [0.1, 0.15) is 0 Å². The number of aliphatic hydroxyl groups is 1. The van der Waals surface area contributed by atoms with Crippen LogP contribution in [-0.2, 0) is 10.4 Å². The number of ether oxygens (including phenoxy) is 2. The third-order valence-electron chi connectivity index (χ3n) is 6.63. The standard InChI is InChI=1S/C34H27BrN2O5/c1-2-41-30-21-23(20-29(35)31(30)42-32(38)28-19-11-13-24-12-9-10-18-27(24)28)22-36-37-33(39)34(40,25-14-5-3-6-15-25)26-16-7-4-8-17-26/h3-22,40H,2H2,1H3,(H,37,39)/b36-22-. The van der Waals surface area contributed by atoms with E-state index in [-0.39, 0.29) is 5.75 Å². The number of carbonyl (C=O) groups is 2. The topological polar surface area (TPSA) is 97.2 Å². The summed E-state index contributed by atoms with van der Waals surface area (Å²) in [6, 6.07) is 33.7. The summed E-state index contributed by atoms with van der Waals surface area (Å²) in [5.41, 5.74) is 2.30. The number of amides is 1. The van der Waals surface area contributed by atoms with Crippen molar-refractivity contribution in [3.63, 3.8) is 0 Å². The average Bonchev–Trinajstić information content (AvgIpc) is 3.02. The Kier molecular flexibility index (Phi) is 8.76. The molecule has 8 heteroatoms. The van der Waals surface area contributed by atoms with E-state index in [0.29, 0.717) is 39.1 Å². The number of hydrogen-bond donors (Lipinski definition) is 2. The van der Waals surface area contributed by atoms with Gasteiger partial charge in [0.2, 0.25) is 0 Å². The lowest BCUT2D eigenvalue weighted by atomic mass is 9.85. The molecule has 0 saturated heterocycles. The van der Waals surface area contributed by atoms with E-state index in [1.807, 2.05) is 55.5 Å². The van der Waals surface area contributed by atoms with Crippen LogP contribution >= 0.6 is 15.9 Å². The summed E-state index contributed by atoms with van der Waals surface area (Å²) in [6.45, 7) is 2.14. The number of rotatable bonds is 9. The Morgan fingerprint density at radius 1 is 0.881 bits per heavy atom. The number of carbonyl (C=O) groups excluding carboxylic acids is 2. The molecule has 1 amide bonds. The molecule has 0 aromatic heterocycles. The van der Waals surface area contributed by atoms with Gasteiger partial charge in [-0.15, -0.1) is 0 Å². The summed E-state index contributed by atoms with van der Waals surface area (Å²) < 4.78 is 12.0. The van der Waals surface area contributed by atoms with Crippen LogP contribution in [0, 0.1) is 0 Å². The van der Waals surface area contributed by atoms with Crippen molar-refractivity contribution >= 4 is 44.8 Å². The summed E-state index contributed by atoms with van der Waals surface area (Å²) in [5, 5.41) is 17.4. The molecule has 0 spiro atoms. The molecule has 0 atom stereocenters. The minimum atomic E-state index is -1.96. The lowest BCUT2D eigenvalue weighted by molar-refractivity contribution is -0.136. The Balaban J connectivity index is 1.39. The van der Waals surface area contributed by atoms with Gasteiger partial charge in [0, 0.05) is 0 Å². The molecule has 0 unspecified atom stereocenters. The Morgan fingerprint density at radius 2 is 1.50 bits per heavy atom. The molecule has 42 heavy (non-hydrogen) atoms. The van der Waals surface area contributed by atoms with Crippen molar-refractivity contribution in [3.8, 4) is 11.5 Å². The van der Waals surface area contributed by atoms with Gasteiger partial charge in [0.15, 0.2) is 17.1 Å². The first-order chi connectivity index (χ1) is 20.4. The zero-order valence-corrected chi connectivity index (χ0v) is 24.2. The Morgan fingerprint density at radius 3 is 2.17 bits per heavy atom. The van der Waals surface area contributed by atoms with E-state index in [9.17, 15) is 14.7 Å². The molecule has 0 aliphatic carbocycles. The van der Waals surface area contributed by atoms with E-state index in [0.717, 1.165) is 10.8 Å². The number of fused-ring (bicyclic) bond motifs is 1. The van der Waals surface area contributed by atoms with E-state index >= 15 is 0 Å². The molecule has 7 nitrogen and oxygen atoms in total. The van der Waals surface area contributed by atoms with Crippen molar-refractivity contribution in [1.82, 2.24) is 5.43 Å². The maximum atomic E-state index is 13.3. The zero-order chi connectivity index (χ0) is 29.5. The molecule has 0 bridgehead atoms. The number of hydrogen-bond acceptors (Lipinski definition) is 6. The van der Waals surface area contributed by atoms with Gasteiger partial charge in [-0.3, -0.25) is 4.79 Å². The van der Waals surface area contributed by atoms with Crippen molar-refractivity contribution in [2.24, 2.45) is 5.10 Å². The molecule has 0 fully saturated rings. The van der Waals surface area contributed by atoms with Crippen LogP contribution in [0.5, 0.6) is 11.5 Å². The predicted octanol–water partition coefficient (Wildman–Crippen LogP) is 6.61. The molecule has 5 aromatic rings. The van der Waals surface area contributed by atoms with Gasteiger partial charge < -0.3 is 14.6 Å². The van der Waals surface area contributed by atoms with E-state index in [2.05, 4.69) is 26.5 Å². The van der Waals surface area contributed by atoms with Crippen molar-refractivity contribution in [2.45, 2.75) is 12.5 Å². The van der Waals surface area contributed by atoms with E-state index in [1.165, 1.54) is 6.21 Å². The lowest BCUT2D eigenvalue weighted by Gasteiger charge is -2.27. The first-order valence-electron chi connectivity index (χ1n) is 13.2. The highest BCUT2D eigenvalue weighted by Gasteiger charge is 2.39. The highest BCUT2D eigenvalue weighted by atomic mass is 79.9. The largest absolute Gasteiger partial charge is 0.490 e. The van der Waals surface area contributed by atoms with Gasteiger partial charge in [-0.2, -0.15) is 5.10 Å². The fourth-order valence-corrected chi connectivity index (χ4v) is 5.15. The Bertz CT molecular complexity index is 1710. The minimum absolute atomic E-state index is 0.221. The van der Waals surface area contributed by atoms with Gasteiger partial charge in [0.05, 0.1) is 22.9 Å². The van der Waals surface area contributed by atoms with Crippen LogP contribution in [0.3, 0.4) is 0 Å². The highest BCUT2D eigenvalue weighted by molar-refractivity contribution is 9.10. The van der Waals surface area contributed by atoms with Crippen LogP contribution in [-0.4, -0.2) is 29.8 Å². The molecule has 0 radical (unpaired) electrons. The smallest absolute Gasteiger partial charge is 0.344 e. The fourth-order valence-electron chi connectivity index (χ4n) is 4.61. The maximum Gasteiger partial charge on any atom is 0.344 e. The van der Waals surface area contributed by atoms with Crippen molar-refractivity contribution in [1.29, 1.82) is 0 Å². The predicted molar refractivity (Wildman–Crippen MR) is 166 cm³/mol. The van der Waals surface area contributed by atoms with Crippen LogP contribution in [0.2, 0.25) is 0 Å². The molecular weight excluding hydrogens is 596 g/mol. The van der Waals surface area contributed by atoms with Gasteiger partial charge >= 0.3 is 5.97 Å². The van der Waals surface area contributed by atoms with Crippen molar-refractivity contribution < 1.29 is 24.2 Å². The summed E-state index contributed by atoms with van der Waals surface area (Å²) in [5.74, 6) is -0.707. The number of nitrogens with one attached hydrogen (secondary N) is 1. The van der Waals surface area contributed by atoms with Crippen molar-refractivity contribution in [3.05, 3.63) is 142 Å². The Hall–Kier alpha value is -4.79. The van der Waals surface area contributed by atoms with E-state index < -0.39 is 17.5 Å².